The highest BCUT2D eigenvalue weighted by Crippen LogP contribution is 2.32. The van der Waals surface area contributed by atoms with E-state index in [4.69, 9.17) is 9.47 Å². The third-order valence-electron chi connectivity index (χ3n) is 5.31. The molecule has 0 amide bonds. The Morgan fingerprint density at radius 1 is 0.788 bits per heavy atom. The fourth-order valence-electron chi connectivity index (χ4n) is 4.01. The lowest BCUT2D eigenvalue weighted by molar-refractivity contribution is 0.108. The second-order valence-corrected chi connectivity index (χ2v) is 11.0. The zero-order chi connectivity index (χ0) is 23.7. The van der Waals surface area contributed by atoms with Crippen LogP contribution in [0.4, 0.5) is 0 Å². The second kappa shape index (κ2) is 12.0. The summed E-state index contributed by atoms with van der Waals surface area (Å²) < 4.78 is 12.0. The predicted octanol–water partition coefficient (Wildman–Crippen LogP) is 7.74. The second-order valence-electron chi connectivity index (χ2n) is 9.73. The Morgan fingerprint density at radius 3 is 1.73 bits per heavy atom. The van der Waals surface area contributed by atoms with Crippen molar-refractivity contribution in [1.29, 1.82) is 0 Å². The van der Waals surface area contributed by atoms with Crippen LogP contribution >= 0.6 is 8.58 Å². The van der Waals surface area contributed by atoms with Gasteiger partial charge in [-0.2, -0.15) is 0 Å². The van der Waals surface area contributed by atoms with E-state index in [1.807, 2.05) is 78.9 Å². The molecule has 0 N–H and O–H groups in total. The van der Waals surface area contributed by atoms with Gasteiger partial charge in [-0.05, 0) is 56.8 Å². The van der Waals surface area contributed by atoms with E-state index in [-0.39, 0.29) is 19.5 Å². The summed E-state index contributed by atoms with van der Waals surface area (Å²) in [5.41, 5.74) is 3.03. The maximum absolute atomic E-state index is 13.5. The normalized spacial score (nSPS) is 12.6. The van der Waals surface area contributed by atoms with Crippen LogP contribution in [-0.4, -0.2) is 11.7 Å². The third-order valence-corrected chi connectivity index (χ3v) is 6.78. The van der Waals surface area contributed by atoms with Crippen molar-refractivity contribution in [1.82, 2.24) is 0 Å². The van der Waals surface area contributed by atoms with Crippen LogP contribution in [-0.2, 0) is 13.2 Å². The van der Waals surface area contributed by atoms with Gasteiger partial charge in [-0.25, -0.2) is 0 Å². The Labute approximate surface area is 200 Å². The van der Waals surface area contributed by atoms with E-state index < -0.39 is 0 Å². The number of para-hydroxylation sites is 2. The molecular formula is C29H35O3P. The van der Waals surface area contributed by atoms with Crippen LogP contribution in [0.1, 0.15) is 55.6 Å². The monoisotopic (exact) mass is 462 g/mol. The number of hydrogen-bond acceptors (Lipinski definition) is 3. The molecule has 3 aromatic rings. The van der Waals surface area contributed by atoms with Gasteiger partial charge in [0.15, 0.2) is 5.52 Å². The first-order valence-electron chi connectivity index (χ1n) is 11.6. The molecule has 3 nitrogen and oxygen atoms in total. The Hall–Kier alpha value is -2.64. The molecule has 0 bridgehead atoms. The van der Waals surface area contributed by atoms with Crippen molar-refractivity contribution < 1.29 is 14.3 Å². The van der Waals surface area contributed by atoms with Crippen molar-refractivity contribution in [3.63, 3.8) is 0 Å². The van der Waals surface area contributed by atoms with E-state index in [1.54, 1.807) is 0 Å². The molecule has 33 heavy (non-hydrogen) atoms. The van der Waals surface area contributed by atoms with Crippen LogP contribution in [0, 0.1) is 11.3 Å². The number of benzene rings is 3. The molecule has 0 aliphatic carbocycles. The van der Waals surface area contributed by atoms with E-state index in [0.717, 1.165) is 40.8 Å². The van der Waals surface area contributed by atoms with Crippen LogP contribution in [0.25, 0.3) is 0 Å². The van der Waals surface area contributed by atoms with Crippen LogP contribution in [0.2, 0.25) is 0 Å². The summed E-state index contributed by atoms with van der Waals surface area (Å²) in [5, 5.41) is 0. The third kappa shape index (κ3) is 8.33. The van der Waals surface area contributed by atoms with Crippen molar-refractivity contribution in [2.45, 2.75) is 47.3 Å². The summed E-state index contributed by atoms with van der Waals surface area (Å²) >= 11 is 0. The van der Waals surface area contributed by atoms with Gasteiger partial charge in [0.25, 0.3) is 0 Å². The van der Waals surface area contributed by atoms with Gasteiger partial charge in [0, 0.05) is 16.7 Å². The topological polar surface area (TPSA) is 35.5 Å². The van der Waals surface area contributed by atoms with Gasteiger partial charge in [-0.1, -0.05) is 82.3 Å². The molecule has 0 aliphatic rings. The molecule has 3 aromatic carbocycles. The van der Waals surface area contributed by atoms with Gasteiger partial charge in [0.05, 0.1) is 0 Å². The zero-order valence-corrected chi connectivity index (χ0v) is 21.1. The first-order chi connectivity index (χ1) is 15.8. The van der Waals surface area contributed by atoms with Crippen molar-refractivity contribution in [3.8, 4) is 11.5 Å². The molecule has 3 rings (SSSR count). The van der Waals surface area contributed by atoms with Gasteiger partial charge >= 0.3 is 0 Å². The minimum atomic E-state index is 0.190. The van der Waals surface area contributed by atoms with Gasteiger partial charge in [-0.15, -0.1) is 0 Å². The molecule has 2 atom stereocenters. The largest absolute Gasteiger partial charge is 0.489 e. The number of carbonyl (C=O) groups is 1. The lowest BCUT2D eigenvalue weighted by Crippen LogP contribution is -2.14. The van der Waals surface area contributed by atoms with E-state index >= 15 is 0 Å². The van der Waals surface area contributed by atoms with E-state index in [2.05, 4.69) is 27.7 Å². The van der Waals surface area contributed by atoms with Crippen LogP contribution in [0.3, 0.4) is 0 Å². The lowest BCUT2D eigenvalue weighted by Gasteiger charge is -2.23. The Balaban J connectivity index is 1.78. The number of ether oxygens (including phenoxy) is 2. The van der Waals surface area contributed by atoms with Crippen LogP contribution < -0.4 is 9.47 Å². The Kier molecular flexibility index (Phi) is 9.09. The highest BCUT2D eigenvalue weighted by molar-refractivity contribution is 7.58. The molecule has 4 heteroatoms. The van der Waals surface area contributed by atoms with Crippen molar-refractivity contribution in [3.05, 3.63) is 95.6 Å². The van der Waals surface area contributed by atoms with Gasteiger partial charge in [0.2, 0.25) is 0 Å². The molecule has 0 saturated heterocycles. The lowest BCUT2D eigenvalue weighted by atomic mass is 9.86. The minimum absolute atomic E-state index is 0.190. The molecule has 0 spiro atoms. The fourth-order valence-corrected chi connectivity index (χ4v) is 5.19. The Morgan fingerprint density at radius 2 is 1.27 bits per heavy atom. The van der Waals surface area contributed by atoms with Crippen LogP contribution in [0.15, 0.2) is 78.9 Å². The van der Waals surface area contributed by atoms with Crippen LogP contribution in [0.5, 0.6) is 11.5 Å². The summed E-state index contributed by atoms with van der Waals surface area (Å²) in [7, 11) is 0.234. The first-order valence-corrected chi connectivity index (χ1v) is 12.8. The fraction of sp³-hybridized carbons (Fsp3) is 0.345. The molecule has 0 aliphatic heterocycles. The first kappa shape index (κ1) is 25.0. The highest BCUT2D eigenvalue weighted by Gasteiger charge is 2.20. The summed E-state index contributed by atoms with van der Waals surface area (Å²) in [5.74, 6) is 2.09. The summed E-state index contributed by atoms with van der Waals surface area (Å²) in [6.07, 6.45) is 2.01. The van der Waals surface area contributed by atoms with Crippen molar-refractivity contribution >= 4 is 14.1 Å². The van der Waals surface area contributed by atoms with E-state index in [1.165, 1.54) is 0 Å². The summed E-state index contributed by atoms with van der Waals surface area (Å²) in [6.45, 7) is 9.71. The molecule has 0 saturated carbocycles. The molecule has 0 heterocycles. The number of hydrogen-bond donors (Lipinski definition) is 0. The standard InChI is InChI=1S/C29H35O3P/c1-22(18-29(2,3)4)21-33-28(30)27-23(19-31-25-14-7-5-8-15-25)12-11-13-24(27)20-32-26-16-9-6-10-17-26/h5-17,22,33H,18-21H2,1-4H3. The SMILES string of the molecule is CC(CPC(=O)c1c(COc2ccccc2)cccc1COc1ccccc1)CC(C)(C)C. The average molecular weight is 463 g/mol. The Bertz CT molecular complexity index is 948. The molecule has 0 radical (unpaired) electrons. The maximum atomic E-state index is 13.5. The molecule has 0 aromatic heterocycles. The van der Waals surface area contributed by atoms with E-state index in [9.17, 15) is 4.79 Å². The van der Waals surface area contributed by atoms with Gasteiger partial charge in [-0.3, -0.25) is 4.79 Å². The quantitative estimate of drug-likeness (QED) is 0.273. The zero-order valence-electron chi connectivity index (χ0n) is 20.1. The van der Waals surface area contributed by atoms with Crippen molar-refractivity contribution in [2.24, 2.45) is 11.3 Å². The van der Waals surface area contributed by atoms with E-state index in [0.29, 0.717) is 19.1 Å². The highest BCUT2D eigenvalue weighted by atomic mass is 31.1. The maximum Gasteiger partial charge on any atom is 0.181 e. The van der Waals surface area contributed by atoms with Crippen molar-refractivity contribution in [2.75, 3.05) is 6.16 Å². The molecule has 174 valence electrons. The molecular weight excluding hydrogens is 427 g/mol. The summed E-state index contributed by atoms with van der Waals surface area (Å²) in [4.78, 5) is 13.5. The smallest absolute Gasteiger partial charge is 0.181 e. The molecule has 0 fully saturated rings. The summed E-state index contributed by atoms with van der Waals surface area (Å²) in [6, 6.07) is 25.4. The number of carbonyl (C=O) groups excluding carboxylic acids is 1. The molecule has 2 unspecified atom stereocenters. The predicted molar refractivity (Wildman–Crippen MR) is 139 cm³/mol. The number of rotatable bonds is 11. The average Bonchev–Trinajstić information content (AvgIpc) is 2.80. The van der Waals surface area contributed by atoms with Gasteiger partial charge in [0.1, 0.15) is 24.7 Å². The minimum Gasteiger partial charge on any atom is -0.489 e. The van der Waals surface area contributed by atoms with Gasteiger partial charge < -0.3 is 9.47 Å².